The van der Waals surface area contributed by atoms with Gasteiger partial charge in [0.15, 0.2) is 0 Å². The molecule has 2 heterocycles. The number of nitrogens with zero attached hydrogens (tertiary/aromatic N) is 1. The molecule has 3 heteroatoms. The molecule has 0 bridgehead atoms. The summed E-state index contributed by atoms with van der Waals surface area (Å²) in [5, 5.41) is 0. The molecule has 1 unspecified atom stereocenters. The van der Waals surface area contributed by atoms with Crippen molar-refractivity contribution < 1.29 is 9.53 Å². The van der Waals surface area contributed by atoms with Gasteiger partial charge in [-0.15, -0.1) is 0 Å². The summed E-state index contributed by atoms with van der Waals surface area (Å²) in [5.41, 5.74) is 1.23. The summed E-state index contributed by atoms with van der Waals surface area (Å²) in [5.74, 6) is -0.0649. The number of aromatic nitrogens is 1. The largest absolute Gasteiger partial charge is 0.469 e. The van der Waals surface area contributed by atoms with Gasteiger partial charge in [-0.2, -0.15) is 0 Å². The van der Waals surface area contributed by atoms with Crippen LogP contribution in [-0.4, -0.2) is 17.6 Å². The third-order valence-electron chi connectivity index (χ3n) is 2.33. The van der Waals surface area contributed by atoms with Gasteiger partial charge in [-0.25, -0.2) is 0 Å². The van der Waals surface area contributed by atoms with Gasteiger partial charge in [-0.05, 0) is 12.1 Å². The molecule has 0 saturated carbocycles. The van der Waals surface area contributed by atoms with Gasteiger partial charge in [0.05, 0.1) is 13.0 Å². The van der Waals surface area contributed by atoms with E-state index in [9.17, 15) is 4.79 Å². The second-order valence-corrected chi connectivity index (χ2v) is 3.08. The van der Waals surface area contributed by atoms with Crippen LogP contribution in [0.1, 0.15) is 5.69 Å². The fourth-order valence-corrected chi connectivity index (χ4v) is 1.69. The molecular formula is C9H11NO2. The minimum atomic E-state index is -0.0984. The van der Waals surface area contributed by atoms with Gasteiger partial charge in [0.25, 0.3) is 0 Å². The van der Waals surface area contributed by atoms with Crippen LogP contribution in [0, 0.1) is 5.92 Å². The molecule has 0 aromatic carbocycles. The van der Waals surface area contributed by atoms with E-state index in [2.05, 4.69) is 9.30 Å². The highest BCUT2D eigenvalue weighted by molar-refractivity contribution is 5.73. The van der Waals surface area contributed by atoms with Crippen molar-refractivity contribution in [1.82, 2.24) is 4.57 Å². The number of hydrogen-bond acceptors (Lipinski definition) is 2. The van der Waals surface area contributed by atoms with E-state index < -0.39 is 0 Å². The summed E-state index contributed by atoms with van der Waals surface area (Å²) in [7, 11) is 1.44. The first-order valence-corrected chi connectivity index (χ1v) is 4.03. The number of esters is 1. The highest BCUT2D eigenvalue weighted by atomic mass is 16.5. The van der Waals surface area contributed by atoms with Crippen LogP contribution in [-0.2, 0) is 22.5 Å². The van der Waals surface area contributed by atoms with Crippen molar-refractivity contribution in [3.8, 4) is 0 Å². The first-order valence-electron chi connectivity index (χ1n) is 4.03. The third-order valence-corrected chi connectivity index (χ3v) is 2.33. The molecule has 2 rings (SSSR count). The lowest BCUT2D eigenvalue weighted by Crippen LogP contribution is -2.17. The minimum Gasteiger partial charge on any atom is -0.469 e. The van der Waals surface area contributed by atoms with Gasteiger partial charge in [0.1, 0.15) is 0 Å². The molecular weight excluding hydrogens is 154 g/mol. The molecule has 1 atom stereocenters. The average Bonchev–Trinajstić information content (AvgIpc) is 2.60. The first kappa shape index (κ1) is 7.40. The number of rotatable bonds is 1. The summed E-state index contributed by atoms with van der Waals surface area (Å²) >= 11 is 0. The van der Waals surface area contributed by atoms with Crippen LogP contribution in [0.25, 0.3) is 0 Å². The highest BCUT2D eigenvalue weighted by Gasteiger charge is 2.27. The molecule has 0 aliphatic carbocycles. The van der Waals surface area contributed by atoms with E-state index in [0.717, 1.165) is 13.0 Å². The zero-order chi connectivity index (χ0) is 8.55. The smallest absolute Gasteiger partial charge is 0.310 e. The number of ether oxygens (including phenoxy) is 1. The predicted molar refractivity (Wildman–Crippen MR) is 43.6 cm³/mol. The van der Waals surface area contributed by atoms with Crippen LogP contribution < -0.4 is 0 Å². The standard InChI is InChI=1S/C9H11NO2/c1-12-9(11)7-5-8-3-2-4-10(8)6-7/h2-4,7H,5-6H2,1H3. The van der Waals surface area contributed by atoms with Crippen LogP contribution in [0.2, 0.25) is 0 Å². The Morgan fingerprint density at radius 2 is 2.58 bits per heavy atom. The Morgan fingerprint density at radius 1 is 1.75 bits per heavy atom. The van der Waals surface area contributed by atoms with E-state index in [-0.39, 0.29) is 11.9 Å². The Hall–Kier alpha value is -1.25. The fourth-order valence-electron chi connectivity index (χ4n) is 1.69. The minimum absolute atomic E-state index is 0.0335. The number of hydrogen-bond donors (Lipinski definition) is 0. The topological polar surface area (TPSA) is 31.2 Å². The number of fused-ring (bicyclic) bond motifs is 1. The Balaban J connectivity index is 2.12. The zero-order valence-electron chi connectivity index (χ0n) is 6.99. The van der Waals surface area contributed by atoms with Crippen LogP contribution in [0.4, 0.5) is 0 Å². The molecule has 0 spiro atoms. The lowest BCUT2D eigenvalue weighted by atomic mass is 10.1. The average molecular weight is 165 g/mol. The highest BCUT2D eigenvalue weighted by Crippen LogP contribution is 2.21. The third kappa shape index (κ3) is 1.02. The number of carbonyl (C=O) groups excluding carboxylic acids is 1. The van der Waals surface area contributed by atoms with E-state index in [0.29, 0.717) is 0 Å². The summed E-state index contributed by atoms with van der Waals surface area (Å²) in [6, 6.07) is 4.05. The molecule has 0 amide bonds. The molecule has 1 aromatic heterocycles. The molecule has 0 saturated heterocycles. The molecule has 1 aromatic rings. The van der Waals surface area contributed by atoms with Crippen LogP contribution in [0.5, 0.6) is 0 Å². The molecule has 12 heavy (non-hydrogen) atoms. The maximum absolute atomic E-state index is 11.1. The Labute approximate surface area is 70.9 Å². The fraction of sp³-hybridized carbons (Fsp3) is 0.444. The molecule has 0 fully saturated rings. The van der Waals surface area contributed by atoms with Crippen molar-refractivity contribution in [1.29, 1.82) is 0 Å². The SMILES string of the molecule is COC(=O)C1Cc2cccn2C1. The molecule has 3 nitrogen and oxygen atoms in total. The van der Waals surface area contributed by atoms with Gasteiger partial charge >= 0.3 is 5.97 Å². The summed E-state index contributed by atoms with van der Waals surface area (Å²) in [6.07, 6.45) is 2.82. The van der Waals surface area contributed by atoms with E-state index >= 15 is 0 Å². The molecule has 1 aliphatic rings. The van der Waals surface area contributed by atoms with Crippen LogP contribution in [0.3, 0.4) is 0 Å². The second kappa shape index (κ2) is 2.66. The summed E-state index contributed by atoms with van der Waals surface area (Å²) < 4.78 is 6.78. The predicted octanol–water partition coefficient (Wildman–Crippen LogP) is 0.833. The maximum atomic E-state index is 11.1. The molecule has 1 aliphatic heterocycles. The lowest BCUT2D eigenvalue weighted by Gasteiger charge is -2.04. The van der Waals surface area contributed by atoms with Crippen molar-refractivity contribution in [2.45, 2.75) is 13.0 Å². The molecule has 0 radical (unpaired) electrons. The molecule has 0 N–H and O–H groups in total. The van der Waals surface area contributed by atoms with E-state index in [1.54, 1.807) is 0 Å². The second-order valence-electron chi connectivity index (χ2n) is 3.08. The number of methoxy groups -OCH3 is 1. The van der Waals surface area contributed by atoms with Gasteiger partial charge < -0.3 is 9.30 Å². The van der Waals surface area contributed by atoms with Crippen LogP contribution >= 0.6 is 0 Å². The summed E-state index contributed by atoms with van der Waals surface area (Å²) in [4.78, 5) is 11.1. The Kier molecular flexibility index (Phi) is 1.64. The van der Waals surface area contributed by atoms with E-state index in [1.807, 2.05) is 18.3 Å². The first-order chi connectivity index (χ1) is 5.81. The van der Waals surface area contributed by atoms with Crippen molar-refractivity contribution in [2.75, 3.05) is 7.11 Å². The quantitative estimate of drug-likeness (QED) is 0.577. The lowest BCUT2D eigenvalue weighted by molar-refractivity contribution is -0.145. The summed E-state index contributed by atoms with van der Waals surface area (Å²) in [6.45, 7) is 0.773. The van der Waals surface area contributed by atoms with Crippen molar-refractivity contribution in [3.63, 3.8) is 0 Å². The zero-order valence-corrected chi connectivity index (χ0v) is 6.99. The maximum Gasteiger partial charge on any atom is 0.310 e. The van der Waals surface area contributed by atoms with E-state index in [1.165, 1.54) is 12.8 Å². The van der Waals surface area contributed by atoms with Crippen molar-refractivity contribution >= 4 is 5.97 Å². The van der Waals surface area contributed by atoms with Gasteiger partial charge in [-0.1, -0.05) is 0 Å². The van der Waals surface area contributed by atoms with Gasteiger partial charge in [-0.3, -0.25) is 4.79 Å². The Morgan fingerprint density at radius 3 is 3.25 bits per heavy atom. The van der Waals surface area contributed by atoms with Crippen LogP contribution in [0.15, 0.2) is 18.3 Å². The number of carbonyl (C=O) groups is 1. The molecule has 64 valence electrons. The van der Waals surface area contributed by atoms with Gasteiger partial charge in [0, 0.05) is 24.9 Å². The Bertz CT molecular complexity index is 283. The van der Waals surface area contributed by atoms with Crippen molar-refractivity contribution in [2.24, 2.45) is 5.92 Å². The normalized spacial score (nSPS) is 20.6. The van der Waals surface area contributed by atoms with E-state index in [4.69, 9.17) is 0 Å². The monoisotopic (exact) mass is 165 g/mol. The van der Waals surface area contributed by atoms with Gasteiger partial charge in [0.2, 0.25) is 0 Å². The van der Waals surface area contributed by atoms with Crippen molar-refractivity contribution in [3.05, 3.63) is 24.0 Å².